The van der Waals surface area contributed by atoms with Crippen molar-refractivity contribution in [3.05, 3.63) is 0 Å². The molecule has 0 aromatic carbocycles. The lowest BCUT2D eigenvalue weighted by atomic mass is 10.2. The summed E-state index contributed by atoms with van der Waals surface area (Å²) in [5.74, 6) is 0. The summed E-state index contributed by atoms with van der Waals surface area (Å²) < 4.78 is 10.5. The molecule has 0 aromatic rings. The van der Waals surface area contributed by atoms with Gasteiger partial charge < -0.3 is 20.1 Å². The number of nitrogens with zero attached hydrogens (tertiary/aromatic N) is 2. The van der Waals surface area contributed by atoms with Crippen LogP contribution < -0.4 is 21.5 Å². The second-order valence-electron chi connectivity index (χ2n) is 6.35. The average Bonchev–Trinajstić information content (AvgIpc) is 2.65. The van der Waals surface area contributed by atoms with E-state index in [-0.39, 0.29) is 12.1 Å². The Labute approximate surface area is 154 Å². The number of hydrogen-bond donors (Lipinski definition) is 4. The number of rotatable bonds is 9. The molecule has 26 heavy (non-hydrogen) atoms. The van der Waals surface area contributed by atoms with Crippen LogP contribution in [0.2, 0.25) is 0 Å². The molecular formula is C16H32N6O4. The number of ether oxygens (including phenoxy) is 2. The number of carbonyl (C=O) groups excluding carboxylic acids is 2. The number of morpholine rings is 2. The highest BCUT2D eigenvalue weighted by atomic mass is 16.5. The SMILES string of the molecule is O=C(NCCCCCCNC(=O)NN1CCOCC1)NN1CCOCC1. The Morgan fingerprint density at radius 1 is 0.654 bits per heavy atom. The van der Waals surface area contributed by atoms with Gasteiger partial charge in [0, 0.05) is 39.3 Å². The molecule has 2 saturated heterocycles. The molecule has 0 bridgehead atoms. The fourth-order valence-corrected chi connectivity index (χ4v) is 2.72. The summed E-state index contributed by atoms with van der Waals surface area (Å²) in [6.07, 6.45) is 3.89. The molecule has 2 aliphatic heterocycles. The maximum absolute atomic E-state index is 11.7. The van der Waals surface area contributed by atoms with Crippen LogP contribution in [-0.4, -0.2) is 87.8 Å². The van der Waals surface area contributed by atoms with Crippen LogP contribution in [0.3, 0.4) is 0 Å². The zero-order chi connectivity index (χ0) is 18.5. The predicted molar refractivity (Wildman–Crippen MR) is 96.3 cm³/mol. The molecule has 0 saturated carbocycles. The Bertz CT molecular complexity index is 376. The molecule has 0 spiro atoms. The molecule has 2 rings (SSSR count). The summed E-state index contributed by atoms with van der Waals surface area (Å²) in [6, 6.07) is -0.318. The standard InChI is InChI=1S/C16H32N6O4/c23-15(19-21-7-11-25-12-8-21)17-5-3-1-2-4-6-18-16(24)20-22-9-13-26-14-10-22/h1-14H2,(H2,17,19,23)(H2,18,20,24). The molecule has 2 heterocycles. The number of carbonyl (C=O) groups is 2. The van der Waals surface area contributed by atoms with Gasteiger partial charge in [-0.3, -0.25) is 10.9 Å². The molecule has 0 aliphatic carbocycles. The Morgan fingerprint density at radius 3 is 1.42 bits per heavy atom. The van der Waals surface area contributed by atoms with Gasteiger partial charge in [-0.2, -0.15) is 0 Å². The molecule has 4 amide bonds. The Hall–Kier alpha value is -1.62. The lowest BCUT2D eigenvalue weighted by molar-refractivity contribution is 0.0193. The van der Waals surface area contributed by atoms with Gasteiger partial charge in [0.2, 0.25) is 0 Å². The second kappa shape index (κ2) is 12.7. The minimum absolute atomic E-state index is 0.159. The first kappa shape index (κ1) is 20.7. The minimum Gasteiger partial charge on any atom is -0.379 e. The number of hydrogen-bond acceptors (Lipinski definition) is 6. The molecular weight excluding hydrogens is 340 g/mol. The van der Waals surface area contributed by atoms with E-state index in [9.17, 15) is 9.59 Å². The fraction of sp³-hybridized carbons (Fsp3) is 0.875. The highest BCUT2D eigenvalue weighted by Crippen LogP contribution is 1.98. The van der Waals surface area contributed by atoms with Gasteiger partial charge in [0.15, 0.2) is 0 Å². The van der Waals surface area contributed by atoms with Gasteiger partial charge in [-0.25, -0.2) is 19.6 Å². The van der Waals surface area contributed by atoms with Crippen molar-refractivity contribution in [3.8, 4) is 0 Å². The van der Waals surface area contributed by atoms with Crippen LogP contribution in [-0.2, 0) is 9.47 Å². The van der Waals surface area contributed by atoms with Crippen LogP contribution in [0, 0.1) is 0 Å². The van der Waals surface area contributed by atoms with Crippen molar-refractivity contribution in [2.75, 3.05) is 65.7 Å². The molecule has 2 aliphatic rings. The van der Waals surface area contributed by atoms with E-state index in [1.165, 1.54) is 0 Å². The van der Waals surface area contributed by atoms with Crippen molar-refractivity contribution >= 4 is 12.1 Å². The molecule has 0 aromatic heterocycles. The van der Waals surface area contributed by atoms with Gasteiger partial charge in [0.1, 0.15) is 0 Å². The number of hydrazine groups is 2. The largest absolute Gasteiger partial charge is 0.379 e. The maximum atomic E-state index is 11.7. The van der Waals surface area contributed by atoms with Gasteiger partial charge in [-0.1, -0.05) is 12.8 Å². The van der Waals surface area contributed by atoms with Crippen molar-refractivity contribution in [2.24, 2.45) is 0 Å². The number of nitrogens with one attached hydrogen (secondary N) is 4. The molecule has 10 heteroatoms. The van der Waals surface area contributed by atoms with Gasteiger partial charge >= 0.3 is 12.1 Å². The lowest BCUT2D eigenvalue weighted by Gasteiger charge is -2.27. The molecule has 4 N–H and O–H groups in total. The average molecular weight is 372 g/mol. The molecule has 0 radical (unpaired) electrons. The topological polar surface area (TPSA) is 107 Å². The Balaban J connectivity index is 1.36. The van der Waals surface area contributed by atoms with Crippen molar-refractivity contribution in [1.29, 1.82) is 0 Å². The second-order valence-corrected chi connectivity index (χ2v) is 6.35. The summed E-state index contributed by atoms with van der Waals surface area (Å²) in [4.78, 5) is 23.4. The van der Waals surface area contributed by atoms with Gasteiger partial charge in [-0.05, 0) is 12.8 Å². The van der Waals surface area contributed by atoms with Gasteiger partial charge in [0.25, 0.3) is 0 Å². The van der Waals surface area contributed by atoms with Crippen LogP contribution in [0.15, 0.2) is 0 Å². The van der Waals surface area contributed by atoms with E-state index in [4.69, 9.17) is 9.47 Å². The van der Waals surface area contributed by atoms with Crippen LogP contribution in [0.4, 0.5) is 9.59 Å². The summed E-state index contributed by atoms with van der Waals surface area (Å²) in [6.45, 7) is 6.80. The third kappa shape index (κ3) is 9.18. The fourth-order valence-electron chi connectivity index (χ4n) is 2.72. The monoisotopic (exact) mass is 372 g/mol. The van der Waals surface area contributed by atoms with Gasteiger partial charge in [0.05, 0.1) is 26.4 Å². The van der Waals surface area contributed by atoms with E-state index in [1.54, 1.807) is 0 Å². The molecule has 10 nitrogen and oxygen atoms in total. The highest BCUT2D eigenvalue weighted by molar-refractivity contribution is 5.73. The smallest absolute Gasteiger partial charge is 0.329 e. The van der Waals surface area contributed by atoms with Crippen molar-refractivity contribution in [2.45, 2.75) is 25.7 Å². The first-order valence-corrected chi connectivity index (χ1v) is 9.48. The van der Waals surface area contributed by atoms with E-state index in [2.05, 4.69) is 21.5 Å². The summed E-state index contributed by atoms with van der Waals surface area (Å²) in [7, 11) is 0. The Morgan fingerprint density at radius 2 is 1.04 bits per heavy atom. The van der Waals surface area contributed by atoms with E-state index < -0.39 is 0 Å². The molecule has 0 unspecified atom stereocenters. The zero-order valence-corrected chi connectivity index (χ0v) is 15.4. The number of unbranched alkanes of at least 4 members (excludes halogenated alkanes) is 3. The Kier molecular flexibility index (Phi) is 10.1. The van der Waals surface area contributed by atoms with E-state index in [0.29, 0.717) is 39.5 Å². The third-order valence-corrected chi connectivity index (χ3v) is 4.22. The third-order valence-electron chi connectivity index (χ3n) is 4.22. The van der Waals surface area contributed by atoms with Crippen molar-refractivity contribution in [1.82, 2.24) is 31.5 Å². The summed E-state index contributed by atoms with van der Waals surface area (Å²) in [5, 5.41) is 9.45. The van der Waals surface area contributed by atoms with Crippen molar-refractivity contribution in [3.63, 3.8) is 0 Å². The normalized spacial score (nSPS) is 18.9. The predicted octanol–water partition coefficient (Wildman–Crippen LogP) is -0.360. The first-order valence-electron chi connectivity index (χ1n) is 9.48. The minimum atomic E-state index is -0.159. The van der Waals surface area contributed by atoms with Crippen molar-refractivity contribution < 1.29 is 19.1 Å². The van der Waals surface area contributed by atoms with Crippen LogP contribution in [0.5, 0.6) is 0 Å². The van der Waals surface area contributed by atoms with E-state index in [1.807, 2.05) is 10.0 Å². The first-order chi connectivity index (χ1) is 12.7. The number of urea groups is 2. The maximum Gasteiger partial charge on any atom is 0.329 e. The number of amides is 4. The zero-order valence-electron chi connectivity index (χ0n) is 15.4. The van der Waals surface area contributed by atoms with E-state index >= 15 is 0 Å². The quantitative estimate of drug-likeness (QED) is 0.412. The molecule has 0 atom stereocenters. The van der Waals surface area contributed by atoms with Crippen LogP contribution >= 0.6 is 0 Å². The molecule has 2 fully saturated rings. The van der Waals surface area contributed by atoms with Crippen LogP contribution in [0.25, 0.3) is 0 Å². The lowest BCUT2D eigenvalue weighted by Crippen LogP contribution is -2.51. The van der Waals surface area contributed by atoms with Crippen LogP contribution in [0.1, 0.15) is 25.7 Å². The summed E-state index contributed by atoms with van der Waals surface area (Å²) >= 11 is 0. The van der Waals surface area contributed by atoms with E-state index in [0.717, 1.165) is 51.9 Å². The highest BCUT2D eigenvalue weighted by Gasteiger charge is 2.13. The summed E-state index contributed by atoms with van der Waals surface area (Å²) in [5.41, 5.74) is 5.63. The van der Waals surface area contributed by atoms with Gasteiger partial charge in [-0.15, -0.1) is 0 Å². The molecule has 150 valence electrons.